The first-order valence-corrected chi connectivity index (χ1v) is 6.50. The van der Waals surface area contributed by atoms with Crippen molar-refractivity contribution in [3.05, 3.63) is 11.7 Å². The van der Waals surface area contributed by atoms with Gasteiger partial charge in [-0.3, -0.25) is 0 Å². The highest BCUT2D eigenvalue weighted by molar-refractivity contribution is 5.01. The van der Waals surface area contributed by atoms with Crippen LogP contribution >= 0.6 is 0 Å². The quantitative estimate of drug-likeness (QED) is 0.773. The van der Waals surface area contributed by atoms with Crippen LogP contribution in [0.15, 0.2) is 4.52 Å². The van der Waals surface area contributed by atoms with E-state index in [4.69, 9.17) is 19.7 Å². The van der Waals surface area contributed by atoms with Gasteiger partial charge in [0.15, 0.2) is 5.82 Å². The van der Waals surface area contributed by atoms with E-state index < -0.39 is 0 Å². The Kier molecular flexibility index (Phi) is 4.68. The topological polar surface area (TPSA) is 83.4 Å². The zero-order valence-electron chi connectivity index (χ0n) is 11.0. The predicted molar refractivity (Wildman–Crippen MR) is 65.1 cm³/mol. The van der Waals surface area contributed by atoms with Gasteiger partial charge in [-0.25, -0.2) is 0 Å². The van der Waals surface area contributed by atoms with Gasteiger partial charge in [0.05, 0.1) is 24.7 Å². The molecule has 0 aromatic carbocycles. The SMILES string of the molecule is CCCOCC(N)c1noc(C2CCOC2C)n1. The van der Waals surface area contributed by atoms with Gasteiger partial charge in [0.2, 0.25) is 5.89 Å². The Morgan fingerprint density at radius 3 is 3.06 bits per heavy atom. The Bertz CT molecular complexity index is 369. The fourth-order valence-electron chi connectivity index (χ4n) is 2.03. The number of hydrogen-bond donors (Lipinski definition) is 1. The van der Waals surface area contributed by atoms with E-state index in [9.17, 15) is 0 Å². The first kappa shape index (κ1) is 13.5. The lowest BCUT2D eigenvalue weighted by Crippen LogP contribution is -2.19. The highest BCUT2D eigenvalue weighted by Gasteiger charge is 2.31. The molecule has 1 fully saturated rings. The summed E-state index contributed by atoms with van der Waals surface area (Å²) in [4.78, 5) is 4.36. The normalized spacial score (nSPS) is 25.5. The van der Waals surface area contributed by atoms with E-state index in [0.29, 0.717) is 24.9 Å². The fraction of sp³-hybridized carbons (Fsp3) is 0.833. The van der Waals surface area contributed by atoms with E-state index >= 15 is 0 Å². The van der Waals surface area contributed by atoms with Crippen LogP contribution in [-0.2, 0) is 9.47 Å². The first-order valence-electron chi connectivity index (χ1n) is 6.50. The average molecular weight is 255 g/mol. The van der Waals surface area contributed by atoms with Crippen molar-refractivity contribution in [3.63, 3.8) is 0 Å². The first-order chi connectivity index (χ1) is 8.72. The molecule has 0 radical (unpaired) electrons. The molecular weight excluding hydrogens is 234 g/mol. The summed E-state index contributed by atoms with van der Waals surface area (Å²) in [6.45, 7) is 5.94. The molecule has 2 N–H and O–H groups in total. The van der Waals surface area contributed by atoms with Crippen LogP contribution in [0.1, 0.15) is 50.4 Å². The molecule has 1 aromatic rings. The van der Waals surface area contributed by atoms with Gasteiger partial charge in [-0.2, -0.15) is 4.98 Å². The van der Waals surface area contributed by atoms with Crippen LogP contribution in [0.2, 0.25) is 0 Å². The lowest BCUT2D eigenvalue weighted by Gasteiger charge is -2.08. The molecule has 0 amide bonds. The van der Waals surface area contributed by atoms with E-state index in [1.54, 1.807) is 0 Å². The maximum Gasteiger partial charge on any atom is 0.232 e. The van der Waals surface area contributed by atoms with Crippen molar-refractivity contribution in [2.24, 2.45) is 5.73 Å². The van der Waals surface area contributed by atoms with Gasteiger partial charge in [-0.05, 0) is 19.8 Å². The van der Waals surface area contributed by atoms with Crippen LogP contribution < -0.4 is 5.73 Å². The average Bonchev–Trinajstić information content (AvgIpc) is 2.97. The molecule has 3 atom stereocenters. The number of ether oxygens (including phenoxy) is 2. The second-order valence-corrected chi connectivity index (χ2v) is 4.64. The van der Waals surface area contributed by atoms with Gasteiger partial charge >= 0.3 is 0 Å². The van der Waals surface area contributed by atoms with Crippen LogP contribution in [0.3, 0.4) is 0 Å². The Hall–Kier alpha value is -0.980. The van der Waals surface area contributed by atoms with E-state index in [1.807, 2.05) is 6.92 Å². The third-order valence-corrected chi connectivity index (χ3v) is 3.13. The maximum absolute atomic E-state index is 5.94. The monoisotopic (exact) mass is 255 g/mol. The number of aromatic nitrogens is 2. The molecule has 1 aromatic heterocycles. The molecule has 1 aliphatic rings. The van der Waals surface area contributed by atoms with Gasteiger partial charge < -0.3 is 19.7 Å². The molecule has 0 spiro atoms. The Morgan fingerprint density at radius 1 is 1.56 bits per heavy atom. The van der Waals surface area contributed by atoms with E-state index in [1.165, 1.54) is 0 Å². The molecular formula is C12H21N3O3. The second-order valence-electron chi connectivity index (χ2n) is 4.64. The van der Waals surface area contributed by atoms with Crippen LogP contribution in [0.4, 0.5) is 0 Å². The van der Waals surface area contributed by atoms with Gasteiger partial charge in [0.1, 0.15) is 0 Å². The number of rotatable bonds is 6. The molecule has 1 aliphatic heterocycles. The molecule has 2 rings (SSSR count). The fourth-order valence-corrected chi connectivity index (χ4v) is 2.03. The second kappa shape index (κ2) is 6.26. The minimum atomic E-state index is -0.327. The molecule has 0 saturated carbocycles. The van der Waals surface area contributed by atoms with Gasteiger partial charge in [0.25, 0.3) is 0 Å². The van der Waals surface area contributed by atoms with Crippen LogP contribution in [0.25, 0.3) is 0 Å². The summed E-state index contributed by atoms with van der Waals surface area (Å²) in [6.07, 6.45) is 2.02. The molecule has 1 saturated heterocycles. The molecule has 18 heavy (non-hydrogen) atoms. The summed E-state index contributed by atoms with van der Waals surface area (Å²) in [5.74, 6) is 1.33. The molecule has 6 heteroatoms. The Labute approximate surface area is 107 Å². The molecule has 3 unspecified atom stereocenters. The highest BCUT2D eigenvalue weighted by atomic mass is 16.5. The largest absolute Gasteiger partial charge is 0.379 e. The van der Waals surface area contributed by atoms with Crippen molar-refractivity contribution in [1.82, 2.24) is 10.1 Å². The number of nitrogens with zero attached hydrogens (tertiary/aromatic N) is 2. The van der Waals surface area contributed by atoms with E-state index in [0.717, 1.165) is 19.4 Å². The lowest BCUT2D eigenvalue weighted by molar-refractivity contribution is 0.113. The maximum atomic E-state index is 5.94. The standard InChI is InChI=1S/C12H21N3O3/c1-3-5-16-7-10(13)11-14-12(18-15-11)9-4-6-17-8(9)2/h8-10H,3-7,13H2,1-2H3. The summed E-state index contributed by atoms with van der Waals surface area (Å²) in [7, 11) is 0. The van der Waals surface area contributed by atoms with Gasteiger partial charge in [-0.1, -0.05) is 12.1 Å². The van der Waals surface area contributed by atoms with Crippen molar-refractivity contribution < 1.29 is 14.0 Å². The highest BCUT2D eigenvalue weighted by Crippen LogP contribution is 2.30. The molecule has 102 valence electrons. The third kappa shape index (κ3) is 3.07. The van der Waals surface area contributed by atoms with Gasteiger partial charge in [0, 0.05) is 13.2 Å². The van der Waals surface area contributed by atoms with Crippen LogP contribution in [0, 0.1) is 0 Å². The smallest absolute Gasteiger partial charge is 0.232 e. The summed E-state index contributed by atoms with van der Waals surface area (Å²) in [6, 6.07) is -0.327. The summed E-state index contributed by atoms with van der Waals surface area (Å²) >= 11 is 0. The lowest BCUT2D eigenvalue weighted by atomic mass is 10.0. The molecule has 0 bridgehead atoms. The van der Waals surface area contributed by atoms with E-state index in [2.05, 4.69) is 17.1 Å². The van der Waals surface area contributed by atoms with Crippen molar-refractivity contribution in [2.75, 3.05) is 19.8 Å². The Balaban J connectivity index is 1.92. The van der Waals surface area contributed by atoms with Crippen molar-refractivity contribution in [2.45, 2.75) is 44.8 Å². The van der Waals surface area contributed by atoms with Crippen molar-refractivity contribution >= 4 is 0 Å². The minimum Gasteiger partial charge on any atom is -0.379 e. The number of nitrogens with two attached hydrogens (primary N) is 1. The van der Waals surface area contributed by atoms with Crippen molar-refractivity contribution in [1.29, 1.82) is 0 Å². The zero-order chi connectivity index (χ0) is 13.0. The summed E-state index contributed by atoms with van der Waals surface area (Å²) in [5.41, 5.74) is 5.94. The molecule has 6 nitrogen and oxygen atoms in total. The Morgan fingerprint density at radius 2 is 2.39 bits per heavy atom. The van der Waals surface area contributed by atoms with Crippen LogP contribution in [-0.4, -0.2) is 36.1 Å². The summed E-state index contributed by atoms with van der Waals surface area (Å²) in [5, 5.41) is 3.93. The third-order valence-electron chi connectivity index (χ3n) is 3.13. The van der Waals surface area contributed by atoms with Crippen LogP contribution in [0.5, 0.6) is 0 Å². The predicted octanol–water partition coefficient (Wildman–Crippen LogP) is 1.39. The summed E-state index contributed by atoms with van der Waals surface area (Å²) < 4.78 is 16.1. The molecule has 0 aliphatic carbocycles. The zero-order valence-corrected chi connectivity index (χ0v) is 11.0. The molecule has 2 heterocycles. The van der Waals surface area contributed by atoms with Gasteiger partial charge in [-0.15, -0.1) is 0 Å². The van der Waals surface area contributed by atoms with E-state index in [-0.39, 0.29) is 18.1 Å². The van der Waals surface area contributed by atoms with Crippen molar-refractivity contribution in [3.8, 4) is 0 Å². The minimum absolute atomic E-state index is 0.130. The number of hydrogen-bond acceptors (Lipinski definition) is 6.